The first kappa shape index (κ1) is 18.2. The minimum absolute atomic E-state index is 0.0210. The number of ether oxygens (including phenoxy) is 1. The second-order valence-electron chi connectivity index (χ2n) is 7.18. The number of carbonyl (C=O) groups is 2. The predicted molar refractivity (Wildman–Crippen MR) is 84.9 cm³/mol. The standard InChI is InChI=1S/C15H29NO4Si/c1-7-8-9-19-14(18)16-10-12(17)13(11-16)20-21(5,6)15(2,3)4/h13H,7-11H2,1-6H3. The summed E-state index contributed by atoms with van der Waals surface area (Å²) in [6, 6.07) is 0. The van der Waals surface area contributed by atoms with Gasteiger partial charge in [0.05, 0.1) is 19.7 Å². The quantitative estimate of drug-likeness (QED) is 0.577. The van der Waals surface area contributed by atoms with E-state index in [0.29, 0.717) is 13.2 Å². The van der Waals surface area contributed by atoms with E-state index in [1.54, 1.807) is 0 Å². The third-order valence-electron chi connectivity index (χ3n) is 4.32. The first-order valence-corrected chi connectivity index (χ1v) is 10.6. The highest BCUT2D eigenvalue weighted by atomic mass is 28.4. The van der Waals surface area contributed by atoms with Crippen LogP contribution in [0.2, 0.25) is 18.1 Å². The van der Waals surface area contributed by atoms with Gasteiger partial charge in [0.15, 0.2) is 14.1 Å². The van der Waals surface area contributed by atoms with Crippen molar-refractivity contribution in [3.63, 3.8) is 0 Å². The van der Waals surface area contributed by atoms with Crippen LogP contribution in [-0.2, 0) is 14.0 Å². The topological polar surface area (TPSA) is 55.8 Å². The summed E-state index contributed by atoms with van der Waals surface area (Å²) in [5.74, 6) is -0.0210. The van der Waals surface area contributed by atoms with Gasteiger partial charge in [-0.05, 0) is 24.6 Å². The number of Topliss-reactive ketones (excluding diaryl/α,β-unsaturated/α-hetero) is 1. The normalized spacial score (nSPS) is 20.0. The van der Waals surface area contributed by atoms with Gasteiger partial charge in [-0.15, -0.1) is 0 Å². The van der Waals surface area contributed by atoms with E-state index in [1.807, 2.05) is 6.92 Å². The summed E-state index contributed by atoms with van der Waals surface area (Å²) >= 11 is 0. The maximum Gasteiger partial charge on any atom is 0.410 e. The molecular formula is C15H29NO4Si. The van der Waals surface area contributed by atoms with Crippen LogP contribution in [0.4, 0.5) is 4.79 Å². The molecule has 0 aromatic carbocycles. The zero-order valence-electron chi connectivity index (χ0n) is 14.2. The molecule has 0 bridgehead atoms. The van der Waals surface area contributed by atoms with Crippen molar-refractivity contribution < 1.29 is 18.8 Å². The van der Waals surface area contributed by atoms with Crippen LogP contribution in [0.1, 0.15) is 40.5 Å². The molecule has 1 fully saturated rings. The molecule has 5 nitrogen and oxygen atoms in total. The lowest BCUT2D eigenvalue weighted by molar-refractivity contribution is -0.122. The molecule has 0 N–H and O–H groups in total. The van der Waals surface area contributed by atoms with Crippen LogP contribution in [0, 0.1) is 0 Å². The molecule has 1 unspecified atom stereocenters. The smallest absolute Gasteiger partial charge is 0.410 e. The minimum Gasteiger partial charge on any atom is -0.449 e. The Kier molecular flexibility index (Phi) is 5.98. The Morgan fingerprint density at radius 1 is 1.38 bits per heavy atom. The number of ketones is 1. The van der Waals surface area contributed by atoms with Crippen LogP contribution in [0.5, 0.6) is 0 Å². The second-order valence-corrected chi connectivity index (χ2v) is 11.9. The molecule has 1 rings (SSSR count). The van der Waals surface area contributed by atoms with Crippen molar-refractivity contribution in [1.29, 1.82) is 0 Å². The SMILES string of the molecule is CCCCOC(=O)N1CC(=O)C(O[Si](C)(C)C(C)(C)C)C1. The largest absolute Gasteiger partial charge is 0.449 e. The van der Waals surface area contributed by atoms with E-state index in [0.717, 1.165) is 12.8 Å². The van der Waals surface area contributed by atoms with Gasteiger partial charge in [0, 0.05) is 0 Å². The van der Waals surface area contributed by atoms with Gasteiger partial charge < -0.3 is 9.16 Å². The van der Waals surface area contributed by atoms with Crippen LogP contribution >= 0.6 is 0 Å². The zero-order chi connectivity index (χ0) is 16.3. The Balaban J connectivity index is 2.57. The summed E-state index contributed by atoms with van der Waals surface area (Å²) in [5, 5.41) is 0.0440. The molecule has 1 amide bonds. The predicted octanol–water partition coefficient (Wildman–Crippen LogP) is 3.20. The molecule has 0 spiro atoms. The number of rotatable bonds is 5. The summed E-state index contributed by atoms with van der Waals surface area (Å²) in [6.45, 7) is 13.5. The van der Waals surface area contributed by atoms with E-state index >= 15 is 0 Å². The molecular weight excluding hydrogens is 286 g/mol. The van der Waals surface area contributed by atoms with Crippen molar-refractivity contribution in [1.82, 2.24) is 4.90 Å². The number of likely N-dealkylation sites (tertiary alicyclic amines) is 1. The molecule has 1 aliphatic rings. The fraction of sp³-hybridized carbons (Fsp3) is 0.867. The highest BCUT2D eigenvalue weighted by Gasteiger charge is 2.44. The molecule has 1 atom stereocenters. The minimum atomic E-state index is -2.01. The number of unbranched alkanes of at least 4 members (excludes halogenated alkanes) is 1. The molecule has 1 heterocycles. The lowest BCUT2D eigenvalue weighted by Crippen LogP contribution is -2.46. The molecule has 1 saturated heterocycles. The molecule has 0 aromatic rings. The Hall–Kier alpha value is -0.883. The molecule has 0 aromatic heterocycles. The summed E-state index contributed by atoms with van der Waals surface area (Å²) in [7, 11) is -2.01. The van der Waals surface area contributed by atoms with E-state index in [2.05, 4.69) is 33.9 Å². The number of hydrogen-bond donors (Lipinski definition) is 0. The zero-order valence-corrected chi connectivity index (χ0v) is 15.2. The number of hydrogen-bond acceptors (Lipinski definition) is 4. The van der Waals surface area contributed by atoms with E-state index in [9.17, 15) is 9.59 Å². The summed E-state index contributed by atoms with van der Waals surface area (Å²) < 4.78 is 11.3. The van der Waals surface area contributed by atoms with Crippen LogP contribution in [0.25, 0.3) is 0 Å². The van der Waals surface area contributed by atoms with Crippen LogP contribution in [0.15, 0.2) is 0 Å². The van der Waals surface area contributed by atoms with Crippen molar-refractivity contribution >= 4 is 20.2 Å². The van der Waals surface area contributed by atoms with Crippen molar-refractivity contribution in [2.45, 2.75) is 64.8 Å². The average molecular weight is 315 g/mol. The van der Waals surface area contributed by atoms with Crippen LogP contribution < -0.4 is 0 Å². The van der Waals surface area contributed by atoms with E-state index < -0.39 is 20.5 Å². The van der Waals surface area contributed by atoms with Gasteiger partial charge in [0.1, 0.15) is 6.10 Å². The molecule has 122 valence electrons. The van der Waals surface area contributed by atoms with Gasteiger partial charge in [-0.1, -0.05) is 34.1 Å². The lowest BCUT2D eigenvalue weighted by Gasteiger charge is -2.37. The lowest BCUT2D eigenvalue weighted by atomic mass is 10.2. The molecule has 1 aliphatic heterocycles. The molecule has 0 saturated carbocycles. The molecule has 6 heteroatoms. The van der Waals surface area contributed by atoms with Crippen LogP contribution in [-0.4, -0.2) is 50.9 Å². The highest BCUT2D eigenvalue weighted by molar-refractivity contribution is 6.74. The first-order valence-electron chi connectivity index (χ1n) is 7.70. The fourth-order valence-corrected chi connectivity index (χ4v) is 3.10. The van der Waals surface area contributed by atoms with Crippen molar-refractivity contribution in [2.24, 2.45) is 0 Å². The van der Waals surface area contributed by atoms with Gasteiger partial charge in [0.2, 0.25) is 0 Å². The fourth-order valence-electron chi connectivity index (χ4n) is 1.83. The van der Waals surface area contributed by atoms with E-state index in [-0.39, 0.29) is 17.4 Å². The van der Waals surface area contributed by atoms with Crippen molar-refractivity contribution in [3.05, 3.63) is 0 Å². The molecule has 21 heavy (non-hydrogen) atoms. The summed E-state index contributed by atoms with van der Waals surface area (Å²) in [5.41, 5.74) is 0. The van der Waals surface area contributed by atoms with Gasteiger partial charge in [0.25, 0.3) is 0 Å². The second kappa shape index (κ2) is 6.92. The average Bonchev–Trinajstić information content (AvgIpc) is 2.69. The van der Waals surface area contributed by atoms with Gasteiger partial charge in [-0.2, -0.15) is 0 Å². The van der Waals surface area contributed by atoms with E-state index in [1.165, 1.54) is 4.90 Å². The Morgan fingerprint density at radius 2 is 2.00 bits per heavy atom. The van der Waals surface area contributed by atoms with Gasteiger partial charge in [-0.3, -0.25) is 9.69 Å². The Labute approximate surface area is 129 Å². The maximum absolute atomic E-state index is 12.1. The highest BCUT2D eigenvalue weighted by Crippen LogP contribution is 2.37. The molecule has 0 radical (unpaired) electrons. The van der Waals surface area contributed by atoms with Gasteiger partial charge in [-0.25, -0.2) is 4.79 Å². The summed E-state index contributed by atoms with van der Waals surface area (Å²) in [6.07, 6.45) is 0.920. The first-order chi connectivity index (χ1) is 9.58. The third kappa shape index (κ3) is 4.81. The Bertz CT molecular complexity index is 390. The van der Waals surface area contributed by atoms with Gasteiger partial charge >= 0.3 is 6.09 Å². The monoisotopic (exact) mass is 315 g/mol. The Morgan fingerprint density at radius 3 is 2.52 bits per heavy atom. The number of carbonyl (C=O) groups excluding carboxylic acids is 2. The van der Waals surface area contributed by atoms with Crippen LogP contribution in [0.3, 0.4) is 0 Å². The molecule has 0 aliphatic carbocycles. The number of nitrogens with zero attached hydrogens (tertiary/aromatic N) is 1. The third-order valence-corrected chi connectivity index (χ3v) is 8.80. The van der Waals surface area contributed by atoms with Crippen molar-refractivity contribution in [3.8, 4) is 0 Å². The van der Waals surface area contributed by atoms with Crippen molar-refractivity contribution in [2.75, 3.05) is 19.7 Å². The van der Waals surface area contributed by atoms with E-state index in [4.69, 9.17) is 9.16 Å². The summed E-state index contributed by atoms with van der Waals surface area (Å²) in [4.78, 5) is 25.4. The maximum atomic E-state index is 12.1. The number of amides is 1.